The summed E-state index contributed by atoms with van der Waals surface area (Å²) < 4.78 is 16.7. The summed E-state index contributed by atoms with van der Waals surface area (Å²) in [5.41, 5.74) is 0. The summed E-state index contributed by atoms with van der Waals surface area (Å²) in [7, 11) is 0. The minimum Gasteiger partial charge on any atom is -0.462 e. The summed E-state index contributed by atoms with van der Waals surface area (Å²) in [6.45, 7) is 6.49. The van der Waals surface area contributed by atoms with Crippen LogP contribution in [-0.2, 0) is 28.6 Å². The van der Waals surface area contributed by atoms with E-state index in [1.807, 2.05) is 0 Å². The second kappa shape index (κ2) is 50.2. The molecule has 0 saturated heterocycles. The normalized spacial score (nSPS) is 12.8. The molecule has 0 rings (SSSR count). The summed E-state index contributed by atoms with van der Waals surface area (Å²) in [6, 6.07) is 0. The molecule has 0 bridgehead atoms. The lowest BCUT2D eigenvalue weighted by molar-refractivity contribution is -0.167. The van der Waals surface area contributed by atoms with Crippen LogP contribution in [0.1, 0.15) is 233 Å². The minimum atomic E-state index is -0.816. The number of allylic oxidation sites excluding steroid dienone is 14. The van der Waals surface area contributed by atoms with E-state index in [1.165, 1.54) is 109 Å². The van der Waals surface area contributed by atoms with E-state index in [2.05, 4.69) is 106 Å². The zero-order valence-electron chi connectivity index (χ0n) is 40.4. The number of esters is 3. The lowest BCUT2D eigenvalue weighted by Gasteiger charge is -2.18. The molecule has 0 unspecified atom stereocenters. The summed E-state index contributed by atoms with van der Waals surface area (Å²) in [6.07, 6.45) is 64.3. The predicted octanol–water partition coefficient (Wildman–Crippen LogP) is 16.8. The predicted molar refractivity (Wildman–Crippen MR) is 265 cm³/mol. The summed E-state index contributed by atoms with van der Waals surface area (Å²) in [5.74, 6) is -1.01. The van der Waals surface area contributed by atoms with Gasteiger partial charge in [-0.2, -0.15) is 0 Å². The molecular formula is C56H94O6. The molecule has 1 atom stereocenters. The van der Waals surface area contributed by atoms with Gasteiger partial charge in [-0.3, -0.25) is 14.4 Å². The third-order valence-electron chi connectivity index (χ3n) is 10.6. The lowest BCUT2D eigenvalue weighted by Crippen LogP contribution is -2.30. The Hall–Kier alpha value is -3.41. The highest BCUT2D eigenvalue weighted by atomic mass is 16.6. The summed E-state index contributed by atoms with van der Waals surface area (Å²) in [4.78, 5) is 37.9. The number of ether oxygens (including phenoxy) is 3. The standard InChI is InChI=1S/C56H94O6/c1-4-7-10-13-16-19-22-25-27-28-30-31-34-37-40-43-46-49-55(58)61-52-53(51-60-54(57)48-45-42-39-36-33-24-21-18-15-12-9-6-3)62-56(59)50-47-44-41-38-35-32-29-26-23-20-17-14-11-8-5-2/h16-17,19-20,25-27,29-31,35,37-38,40,53H,4-15,18,21-24,28,32-34,36,39,41-52H2,1-3H3/b19-16-,20-17-,27-25-,29-26-,31-30-,38-35-,40-37-/t53-/m0/s1. The van der Waals surface area contributed by atoms with E-state index in [0.29, 0.717) is 19.3 Å². The van der Waals surface area contributed by atoms with Crippen molar-refractivity contribution >= 4 is 17.9 Å². The summed E-state index contributed by atoms with van der Waals surface area (Å²) in [5, 5.41) is 0. The van der Waals surface area contributed by atoms with Crippen molar-refractivity contribution in [2.45, 2.75) is 239 Å². The molecule has 0 spiro atoms. The molecule has 0 aromatic heterocycles. The SMILES string of the molecule is CCCCC/C=C\C/C=C\C/C=C\C/C=C\CCCC(=O)OC[C@H](COC(=O)CCCCCCCCCCCCCC)OC(=O)CCCC/C=C\C/C=C\C/C=C\CCCCC. The molecule has 0 N–H and O–H groups in total. The van der Waals surface area contributed by atoms with Gasteiger partial charge in [0.2, 0.25) is 0 Å². The Balaban J connectivity index is 4.53. The Bertz CT molecular complexity index is 1220. The molecule has 354 valence electrons. The molecule has 0 radical (unpaired) electrons. The average molecular weight is 863 g/mol. The van der Waals surface area contributed by atoms with Crippen LogP contribution in [0.3, 0.4) is 0 Å². The molecular weight excluding hydrogens is 769 g/mol. The first kappa shape index (κ1) is 58.6. The van der Waals surface area contributed by atoms with E-state index in [4.69, 9.17) is 14.2 Å². The molecule has 0 aliphatic carbocycles. The van der Waals surface area contributed by atoms with Crippen LogP contribution < -0.4 is 0 Å². The van der Waals surface area contributed by atoms with E-state index < -0.39 is 6.10 Å². The van der Waals surface area contributed by atoms with Gasteiger partial charge in [-0.25, -0.2) is 0 Å². The first-order valence-electron chi connectivity index (χ1n) is 25.6. The number of carbonyl (C=O) groups excluding carboxylic acids is 3. The van der Waals surface area contributed by atoms with Crippen molar-refractivity contribution in [3.63, 3.8) is 0 Å². The van der Waals surface area contributed by atoms with Gasteiger partial charge in [0.15, 0.2) is 6.10 Å². The second-order valence-electron chi connectivity index (χ2n) is 16.7. The highest BCUT2D eigenvalue weighted by Gasteiger charge is 2.19. The zero-order chi connectivity index (χ0) is 45.1. The van der Waals surface area contributed by atoms with Gasteiger partial charge < -0.3 is 14.2 Å². The Morgan fingerprint density at radius 3 is 1.00 bits per heavy atom. The van der Waals surface area contributed by atoms with Gasteiger partial charge in [0.05, 0.1) is 0 Å². The number of carbonyl (C=O) groups is 3. The van der Waals surface area contributed by atoms with Gasteiger partial charge in [-0.05, 0) is 96.3 Å². The molecule has 0 fully saturated rings. The number of hydrogen-bond acceptors (Lipinski definition) is 6. The quantitative estimate of drug-likeness (QED) is 0.0263. The van der Waals surface area contributed by atoms with Crippen molar-refractivity contribution in [2.24, 2.45) is 0 Å². The maximum Gasteiger partial charge on any atom is 0.306 e. The van der Waals surface area contributed by atoms with Crippen LogP contribution in [0, 0.1) is 0 Å². The van der Waals surface area contributed by atoms with E-state index >= 15 is 0 Å². The van der Waals surface area contributed by atoms with Crippen LogP contribution in [0.15, 0.2) is 85.1 Å². The van der Waals surface area contributed by atoms with E-state index in [0.717, 1.165) is 70.6 Å². The fourth-order valence-corrected chi connectivity index (χ4v) is 6.73. The van der Waals surface area contributed by atoms with Crippen molar-refractivity contribution in [3.8, 4) is 0 Å². The van der Waals surface area contributed by atoms with Crippen LogP contribution in [0.2, 0.25) is 0 Å². The highest BCUT2D eigenvalue weighted by molar-refractivity contribution is 5.71. The third-order valence-corrected chi connectivity index (χ3v) is 10.6. The topological polar surface area (TPSA) is 78.9 Å². The van der Waals surface area contributed by atoms with Gasteiger partial charge in [0, 0.05) is 19.3 Å². The maximum atomic E-state index is 12.8. The highest BCUT2D eigenvalue weighted by Crippen LogP contribution is 2.14. The molecule has 62 heavy (non-hydrogen) atoms. The number of hydrogen-bond donors (Lipinski definition) is 0. The Morgan fingerprint density at radius 2 is 0.597 bits per heavy atom. The maximum absolute atomic E-state index is 12.8. The van der Waals surface area contributed by atoms with Gasteiger partial charge >= 0.3 is 17.9 Å². The van der Waals surface area contributed by atoms with Crippen molar-refractivity contribution in [2.75, 3.05) is 13.2 Å². The molecule has 6 nitrogen and oxygen atoms in total. The number of rotatable bonds is 45. The lowest BCUT2D eigenvalue weighted by atomic mass is 10.0. The Morgan fingerprint density at radius 1 is 0.323 bits per heavy atom. The molecule has 0 aliphatic rings. The van der Waals surface area contributed by atoms with Gasteiger partial charge in [0.25, 0.3) is 0 Å². The van der Waals surface area contributed by atoms with E-state index in [1.54, 1.807) is 0 Å². The minimum absolute atomic E-state index is 0.108. The molecule has 6 heteroatoms. The van der Waals surface area contributed by atoms with Crippen LogP contribution in [-0.4, -0.2) is 37.2 Å². The molecule has 0 heterocycles. The first-order valence-corrected chi connectivity index (χ1v) is 25.6. The molecule has 0 aromatic rings. The summed E-state index contributed by atoms with van der Waals surface area (Å²) >= 11 is 0. The first-order chi connectivity index (χ1) is 30.5. The largest absolute Gasteiger partial charge is 0.462 e. The van der Waals surface area contributed by atoms with Crippen LogP contribution in [0.25, 0.3) is 0 Å². The third kappa shape index (κ3) is 47.6. The van der Waals surface area contributed by atoms with Gasteiger partial charge in [-0.1, -0.05) is 202 Å². The fourth-order valence-electron chi connectivity index (χ4n) is 6.73. The second-order valence-corrected chi connectivity index (χ2v) is 16.7. The monoisotopic (exact) mass is 863 g/mol. The van der Waals surface area contributed by atoms with Crippen LogP contribution in [0.5, 0.6) is 0 Å². The van der Waals surface area contributed by atoms with E-state index in [9.17, 15) is 14.4 Å². The van der Waals surface area contributed by atoms with Gasteiger partial charge in [-0.15, -0.1) is 0 Å². The Labute approximate surface area is 382 Å². The van der Waals surface area contributed by atoms with Crippen LogP contribution in [0.4, 0.5) is 0 Å². The number of unbranched alkanes of at least 4 members (excludes halogenated alkanes) is 20. The van der Waals surface area contributed by atoms with E-state index in [-0.39, 0.29) is 44.0 Å². The zero-order valence-corrected chi connectivity index (χ0v) is 40.4. The molecule has 0 aromatic carbocycles. The van der Waals surface area contributed by atoms with Gasteiger partial charge in [0.1, 0.15) is 13.2 Å². The average Bonchev–Trinajstić information content (AvgIpc) is 3.27. The molecule has 0 amide bonds. The fraction of sp³-hybridized carbons (Fsp3) is 0.696. The van der Waals surface area contributed by atoms with Crippen molar-refractivity contribution in [3.05, 3.63) is 85.1 Å². The molecule has 0 aliphatic heterocycles. The Kier molecular flexibility index (Phi) is 47.5. The van der Waals surface area contributed by atoms with Crippen LogP contribution >= 0.6 is 0 Å². The van der Waals surface area contributed by atoms with Crippen molar-refractivity contribution in [1.82, 2.24) is 0 Å². The van der Waals surface area contributed by atoms with Crippen molar-refractivity contribution in [1.29, 1.82) is 0 Å². The van der Waals surface area contributed by atoms with Crippen molar-refractivity contribution < 1.29 is 28.6 Å². The smallest absolute Gasteiger partial charge is 0.306 e. The molecule has 0 saturated carbocycles.